The van der Waals surface area contributed by atoms with Crippen LogP contribution in [0.1, 0.15) is 19.3 Å². The first kappa shape index (κ1) is 18.7. The molecular formula is C15H16F3NO4. The van der Waals surface area contributed by atoms with Crippen molar-refractivity contribution in [3.63, 3.8) is 0 Å². The number of para-hydroxylation sites is 1. The standard InChI is InChI=1S/C15H16F3NO4/c1-23-13(21)12(9-5-6-10-20)19(14(22)15(16,17)18)11-7-3-2-4-8-11/h2-4,7-8,10,12H,5-6,9H2,1H3/t12-/m1/s1. The van der Waals surface area contributed by atoms with E-state index in [1.54, 1.807) is 6.07 Å². The summed E-state index contributed by atoms with van der Waals surface area (Å²) < 4.78 is 43.2. The van der Waals surface area contributed by atoms with Gasteiger partial charge >= 0.3 is 18.1 Å². The molecule has 0 bridgehead atoms. The number of ether oxygens (including phenoxy) is 1. The number of benzene rings is 1. The zero-order valence-corrected chi connectivity index (χ0v) is 12.4. The van der Waals surface area contributed by atoms with Crippen molar-refractivity contribution in [2.45, 2.75) is 31.5 Å². The minimum Gasteiger partial charge on any atom is -0.467 e. The molecule has 0 heterocycles. The highest BCUT2D eigenvalue weighted by atomic mass is 19.4. The number of hydrogen-bond acceptors (Lipinski definition) is 4. The van der Waals surface area contributed by atoms with Gasteiger partial charge in [-0.2, -0.15) is 13.2 Å². The molecule has 1 atom stereocenters. The number of carbonyl (C=O) groups is 3. The molecular weight excluding hydrogens is 315 g/mol. The van der Waals surface area contributed by atoms with Gasteiger partial charge in [-0.15, -0.1) is 0 Å². The Balaban J connectivity index is 3.24. The van der Waals surface area contributed by atoms with Crippen molar-refractivity contribution in [3.05, 3.63) is 30.3 Å². The Labute approximate surface area is 131 Å². The van der Waals surface area contributed by atoms with Crippen LogP contribution in [0.4, 0.5) is 18.9 Å². The fraction of sp³-hybridized carbons (Fsp3) is 0.400. The van der Waals surface area contributed by atoms with Crippen LogP contribution in [0.15, 0.2) is 30.3 Å². The van der Waals surface area contributed by atoms with Gasteiger partial charge in [-0.3, -0.25) is 9.69 Å². The van der Waals surface area contributed by atoms with E-state index in [-0.39, 0.29) is 24.9 Å². The highest BCUT2D eigenvalue weighted by molar-refractivity contribution is 6.02. The number of anilines is 1. The monoisotopic (exact) mass is 331 g/mol. The number of nitrogens with zero attached hydrogens (tertiary/aromatic N) is 1. The van der Waals surface area contributed by atoms with Gasteiger partial charge in [-0.1, -0.05) is 18.2 Å². The average molecular weight is 331 g/mol. The zero-order valence-electron chi connectivity index (χ0n) is 12.4. The van der Waals surface area contributed by atoms with Crippen LogP contribution in [-0.4, -0.2) is 37.5 Å². The minimum absolute atomic E-state index is 0.0658. The summed E-state index contributed by atoms with van der Waals surface area (Å²) in [4.78, 5) is 34.4. The van der Waals surface area contributed by atoms with Crippen molar-refractivity contribution >= 4 is 23.9 Å². The van der Waals surface area contributed by atoms with Crippen LogP contribution in [0.25, 0.3) is 0 Å². The first-order chi connectivity index (χ1) is 10.8. The molecule has 23 heavy (non-hydrogen) atoms. The van der Waals surface area contributed by atoms with Gasteiger partial charge in [0.05, 0.1) is 7.11 Å². The largest absolute Gasteiger partial charge is 0.471 e. The van der Waals surface area contributed by atoms with E-state index in [9.17, 15) is 27.6 Å². The van der Waals surface area contributed by atoms with Crippen molar-refractivity contribution in [3.8, 4) is 0 Å². The fourth-order valence-corrected chi connectivity index (χ4v) is 2.05. The number of hydrogen-bond donors (Lipinski definition) is 0. The topological polar surface area (TPSA) is 63.7 Å². The van der Waals surface area contributed by atoms with Gasteiger partial charge in [-0.05, 0) is 25.0 Å². The minimum atomic E-state index is -5.15. The second kappa shape index (κ2) is 8.30. The SMILES string of the molecule is COC(=O)[C@@H](CCCC=O)N(C(=O)C(F)(F)F)c1ccccc1. The van der Waals surface area contributed by atoms with Crippen LogP contribution in [0.2, 0.25) is 0 Å². The van der Waals surface area contributed by atoms with Gasteiger partial charge in [0.25, 0.3) is 0 Å². The van der Waals surface area contributed by atoms with E-state index in [1.165, 1.54) is 24.3 Å². The highest BCUT2D eigenvalue weighted by Crippen LogP contribution is 2.27. The molecule has 0 radical (unpaired) electrons. The predicted molar refractivity (Wildman–Crippen MR) is 75.7 cm³/mol. The number of rotatable bonds is 7. The summed E-state index contributed by atoms with van der Waals surface area (Å²) in [6.45, 7) is 0. The second-order valence-corrected chi connectivity index (χ2v) is 4.64. The number of aldehydes is 1. The third kappa shape index (κ3) is 5.08. The maximum atomic E-state index is 12.9. The molecule has 0 aliphatic carbocycles. The van der Waals surface area contributed by atoms with Gasteiger partial charge in [-0.25, -0.2) is 4.79 Å². The molecule has 0 aromatic heterocycles. The molecule has 1 aromatic rings. The third-order valence-corrected chi connectivity index (χ3v) is 3.08. The molecule has 0 aliphatic rings. The summed E-state index contributed by atoms with van der Waals surface area (Å²) in [6, 6.07) is 5.59. The summed E-state index contributed by atoms with van der Waals surface area (Å²) in [5, 5.41) is 0. The molecule has 0 unspecified atom stereocenters. The van der Waals surface area contributed by atoms with Crippen molar-refractivity contribution in [1.82, 2.24) is 0 Å². The van der Waals surface area contributed by atoms with Gasteiger partial charge in [0.2, 0.25) is 0 Å². The number of halogens is 3. The maximum absolute atomic E-state index is 12.9. The lowest BCUT2D eigenvalue weighted by molar-refractivity contribution is -0.172. The van der Waals surface area contributed by atoms with Crippen LogP contribution in [-0.2, 0) is 19.1 Å². The Morgan fingerprint density at radius 2 is 1.87 bits per heavy atom. The number of esters is 1. The second-order valence-electron chi connectivity index (χ2n) is 4.64. The average Bonchev–Trinajstić information content (AvgIpc) is 2.53. The summed E-state index contributed by atoms with van der Waals surface area (Å²) in [5.41, 5.74) is -0.0728. The van der Waals surface area contributed by atoms with E-state index in [2.05, 4.69) is 4.74 Å². The van der Waals surface area contributed by atoms with Crippen LogP contribution >= 0.6 is 0 Å². The number of alkyl halides is 3. The summed E-state index contributed by atoms with van der Waals surface area (Å²) in [6.07, 6.45) is -4.46. The number of methoxy groups -OCH3 is 1. The quantitative estimate of drug-likeness (QED) is 0.437. The Morgan fingerprint density at radius 1 is 1.26 bits per heavy atom. The first-order valence-corrected chi connectivity index (χ1v) is 6.79. The van der Waals surface area contributed by atoms with E-state index in [1.807, 2.05) is 0 Å². The molecule has 1 amide bonds. The molecule has 0 N–H and O–H groups in total. The lowest BCUT2D eigenvalue weighted by Gasteiger charge is -2.30. The lowest BCUT2D eigenvalue weighted by atomic mass is 10.1. The van der Waals surface area contributed by atoms with Crippen molar-refractivity contribution in [2.75, 3.05) is 12.0 Å². The molecule has 5 nitrogen and oxygen atoms in total. The number of unbranched alkanes of at least 4 members (excludes halogenated alkanes) is 1. The Morgan fingerprint density at radius 3 is 2.35 bits per heavy atom. The Kier molecular flexibility index (Phi) is 6.74. The van der Waals surface area contributed by atoms with E-state index >= 15 is 0 Å². The van der Waals surface area contributed by atoms with Crippen LogP contribution < -0.4 is 4.90 Å². The molecule has 0 spiro atoms. The predicted octanol–water partition coefficient (Wildman–Crippen LogP) is 2.49. The van der Waals surface area contributed by atoms with Crippen LogP contribution in [0.5, 0.6) is 0 Å². The summed E-state index contributed by atoms with van der Waals surface area (Å²) in [5.74, 6) is -3.14. The molecule has 1 aromatic carbocycles. The molecule has 1 rings (SSSR count). The van der Waals surface area contributed by atoms with E-state index in [0.29, 0.717) is 11.2 Å². The summed E-state index contributed by atoms with van der Waals surface area (Å²) in [7, 11) is 1.02. The number of carbonyl (C=O) groups excluding carboxylic acids is 3. The molecule has 126 valence electrons. The van der Waals surface area contributed by atoms with E-state index in [4.69, 9.17) is 0 Å². The van der Waals surface area contributed by atoms with Gasteiger partial charge in [0, 0.05) is 12.1 Å². The molecule has 0 aliphatic heterocycles. The zero-order chi connectivity index (χ0) is 17.5. The van der Waals surface area contributed by atoms with Gasteiger partial charge < -0.3 is 9.53 Å². The van der Waals surface area contributed by atoms with Crippen LogP contribution in [0, 0.1) is 0 Å². The van der Waals surface area contributed by atoms with Crippen LogP contribution in [0.3, 0.4) is 0 Å². The molecule has 0 saturated carbocycles. The Bertz CT molecular complexity index is 545. The van der Waals surface area contributed by atoms with Crippen molar-refractivity contribution < 1.29 is 32.3 Å². The molecule has 0 saturated heterocycles. The molecule has 8 heteroatoms. The van der Waals surface area contributed by atoms with Gasteiger partial charge in [0.15, 0.2) is 0 Å². The van der Waals surface area contributed by atoms with Gasteiger partial charge in [0.1, 0.15) is 12.3 Å². The van der Waals surface area contributed by atoms with Crippen molar-refractivity contribution in [2.24, 2.45) is 0 Å². The fourth-order valence-electron chi connectivity index (χ4n) is 2.05. The van der Waals surface area contributed by atoms with Crippen molar-refractivity contribution in [1.29, 1.82) is 0 Å². The smallest absolute Gasteiger partial charge is 0.467 e. The molecule has 0 fully saturated rings. The van der Waals surface area contributed by atoms with E-state index < -0.39 is 24.1 Å². The highest BCUT2D eigenvalue weighted by Gasteiger charge is 2.47. The normalized spacial score (nSPS) is 12.3. The number of amides is 1. The van der Waals surface area contributed by atoms with E-state index in [0.717, 1.165) is 7.11 Å². The first-order valence-electron chi connectivity index (χ1n) is 6.79. The maximum Gasteiger partial charge on any atom is 0.471 e. The third-order valence-electron chi connectivity index (χ3n) is 3.08. The summed E-state index contributed by atoms with van der Waals surface area (Å²) >= 11 is 0. The Hall–Kier alpha value is -2.38. The lowest BCUT2D eigenvalue weighted by Crippen LogP contribution is -2.51.